The monoisotopic (exact) mass is 348 g/mol. The molecule has 0 spiro atoms. The van der Waals surface area contributed by atoms with Crippen LogP contribution in [0.25, 0.3) is 0 Å². The number of hydrazine groups is 1. The first-order chi connectivity index (χ1) is 10.4. The molecule has 22 heavy (non-hydrogen) atoms. The number of amides is 2. The van der Waals surface area contributed by atoms with Crippen molar-refractivity contribution in [1.82, 2.24) is 10.9 Å². The second kappa shape index (κ2) is 8.90. The summed E-state index contributed by atoms with van der Waals surface area (Å²) in [6, 6.07) is 6.38. The van der Waals surface area contributed by atoms with Gasteiger partial charge in [-0.1, -0.05) is 23.7 Å². The van der Waals surface area contributed by atoms with E-state index < -0.39 is 25.6 Å². The summed E-state index contributed by atoms with van der Waals surface area (Å²) in [6.45, 7) is 3.58. The molecule has 0 heterocycles. The van der Waals surface area contributed by atoms with E-state index in [2.05, 4.69) is 10.9 Å². The van der Waals surface area contributed by atoms with E-state index in [0.29, 0.717) is 0 Å². The van der Waals surface area contributed by atoms with E-state index in [-0.39, 0.29) is 23.8 Å². The molecule has 122 valence electrons. The fraction of sp³-hybridized carbons (Fsp3) is 0.385. The number of carbonyl (C=O) groups excluding carboxylic acids is 2. The predicted molar refractivity (Wildman–Crippen MR) is 82.8 cm³/mol. The number of rotatable bonds is 7. The van der Waals surface area contributed by atoms with E-state index in [0.717, 1.165) is 0 Å². The summed E-state index contributed by atoms with van der Waals surface area (Å²) in [5.74, 6) is -1.27. The molecule has 0 saturated heterocycles. The van der Waals surface area contributed by atoms with Gasteiger partial charge in [0, 0.05) is 0 Å². The third-order valence-electron chi connectivity index (χ3n) is 2.42. The van der Waals surface area contributed by atoms with Gasteiger partial charge in [-0.3, -0.25) is 25.0 Å². The summed E-state index contributed by atoms with van der Waals surface area (Å²) in [7, 11) is -3.51. The number of nitrogens with one attached hydrogen (secondary N) is 2. The average Bonchev–Trinajstić information content (AvgIpc) is 2.45. The van der Waals surface area contributed by atoms with Crippen molar-refractivity contribution in [3.8, 4) is 0 Å². The van der Waals surface area contributed by atoms with Crippen LogP contribution in [-0.4, -0.2) is 31.2 Å². The third-order valence-corrected chi connectivity index (χ3v) is 4.73. The van der Waals surface area contributed by atoms with Crippen molar-refractivity contribution >= 4 is 31.0 Å². The average molecular weight is 349 g/mol. The van der Waals surface area contributed by atoms with Gasteiger partial charge < -0.3 is 9.05 Å². The molecule has 7 nitrogen and oxygen atoms in total. The Morgan fingerprint density at radius 3 is 2.27 bits per heavy atom. The van der Waals surface area contributed by atoms with E-state index in [1.54, 1.807) is 32.0 Å². The molecule has 0 fully saturated rings. The molecule has 0 radical (unpaired) electrons. The molecule has 0 bridgehead atoms. The van der Waals surface area contributed by atoms with Crippen LogP contribution in [0.4, 0.5) is 0 Å². The minimum Gasteiger partial charge on any atom is -0.309 e. The highest BCUT2D eigenvalue weighted by atomic mass is 35.5. The second-order valence-corrected chi connectivity index (χ2v) is 6.55. The molecule has 0 saturated carbocycles. The molecule has 0 atom stereocenters. The Morgan fingerprint density at radius 2 is 1.73 bits per heavy atom. The molecular formula is C13H18ClN2O5P. The lowest BCUT2D eigenvalue weighted by atomic mass is 10.2. The lowest BCUT2D eigenvalue weighted by Gasteiger charge is -2.16. The highest BCUT2D eigenvalue weighted by Crippen LogP contribution is 2.47. The van der Waals surface area contributed by atoms with Crippen LogP contribution in [0.2, 0.25) is 5.02 Å². The van der Waals surface area contributed by atoms with Crippen LogP contribution in [-0.2, 0) is 18.4 Å². The van der Waals surface area contributed by atoms with Gasteiger partial charge in [0.1, 0.15) is 6.16 Å². The van der Waals surface area contributed by atoms with Crippen molar-refractivity contribution in [3.05, 3.63) is 34.9 Å². The Bertz CT molecular complexity index is 571. The molecule has 0 aliphatic carbocycles. The maximum Gasteiger partial charge on any atom is 0.340 e. The zero-order valence-electron chi connectivity index (χ0n) is 12.3. The van der Waals surface area contributed by atoms with Gasteiger partial charge in [0.05, 0.1) is 23.8 Å². The first kappa shape index (κ1) is 18.6. The van der Waals surface area contributed by atoms with Crippen molar-refractivity contribution in [2.45, 2.75) is 13.8 Å². The van der Waals surface area contributed by atoms with E-state index in [4.69, 9.17) is 20.6 Å². The molecule has 2 N–H and O–H groups in total. The van der Waals surface area contributed by atoms with Crippen molar-refractivity contribution in [2.24, 2.45) is 0 Å². The molecule has 0 aromatic heterocycles. The minimum atomic E-state index is -3.51. The fourth-order valence-electron chi connectivity index (χ4n) is 1.58. The molecule has 9 heteroatoms. The molecule has 0 unspecified atom stereocenters. The summed E-state index contributed by atoms with van der Waals surface area (Å²) >= 11 is 5.87. The van der Waals surface area contributed by atoms with E-state index in [1.807, 2.05) is 0 Å². The molecule has 0 aliphatic rings. The Kier molecular flexibility index (Phi) is 7.55. The Morgan fingerprint density at radius 1 is 1.14 bits per heavy atom. The maximum absolute atomic E-state index is 12.2. The van der Waals surface area contributed by atoms with Gasteiger partial charge in [-0.05, 0) is 26.0 Å². The number of hydrogen-bond acceptors (Lipinski definition) is 5. The number of benzene rings is 1. The van der Waals surface area contributed by atoms with Crippen LogP contribution < -0.4 is 10.9 Å². The standard InChI is InChI=1S/C13H18ClN2O5P/c1-3-20-22(19,21-4-2)9-12(17)15-16-13(18)10-7-5-6-8-11(10)14/h5-8H,3-4,9H2,1-2H3,(H,15,17)(H,16,18). The lowest BCUT2D eigenvalue weighted by molar-refractivity contribution is -0.119. The summed E-state index contributed by atoms with van der Waals surface area (Å²) in [4.78, 5) is 23.6. The number of carbonyl (C=O) groups is 2. The highest BCUT2D eigenvalue weighted by Gasteiger charge is 2.27. The van der Waals surface area contributed by atoms with Gasteiger partial charge >= 0.3 is 7.60 Å². The Labute approximate surface area is 133 Å². The molecule has 1 aromatic carbocycles. The third kappa shape index (κ3) is 5.77. The highest BCUT2D eigenvalue weighted by molar-refractivity contribution is 7.54. The summed E-state index contributed by atoms with van der Waals surface area (Å²) in [5, 5.41) is 0.253. The Balaban J connectivity index is 2.57. The van der Waals surface area contributed by atoms with Gasteiger partial charge in [0.2, 0.25) is 0 Å². The van der Waals surface area contributed by atoms with Gasteiger partial charge in [0.25, 0.3) is 11.8 Å². The quantitative estimate of drug-likeness (QED) is 0.583. The zero-order valence-corrected chi connectivity index (χ0v) is 13.9. The predicted octanol–water partition coefficient (Wildman–Crippen LogP) is 2.37. The topological polar surface area (TPSA) is 93.7 Å². The first-order valence-electron chi connectivity index (χ1n) is 6.63. The van der Waals surface area contributed by atoms with Crippen molar-refractivity contribution in [3.63, 3.8) is 0 Å². The van der Waals surface area contributed by atoms with Crippen LogP contribution in [0, 0.1) is 0 Å². The van der Waals surface area contributed by atoms with Crippen molar-refractivity contribution in [1.29, 1.82) is 0 Å². The molecule has 0 aliphatic heterocycles. The summed E-state index contributed by atoms with van der Waals surface area (Å²) in [6.07, 6.45) is -0.489. The van der Waals surface area contributed by atoms with Crippen LogP contribution in [0.3, 0.4) is 0 Å². The number of halogens is 1. The smallest absolute Gasteiger partial charge is 0.309 e. The van der Waals surface area contributed by atoms with Gasteiger partial charge in [0.15, 0.2) is 0 Å². The minimum absolute atomic E-state index is 0.149. The fourth-order valence-corrected chi connectivity index (χ4v) is 3.27. The molecular weight excluding hydrogens is 331 g/mol. The number of hydrogen-bond donors (Lipinski definition) is 2. The lowest BCUT2D eigenvalue weighted by Crippen LogP contribution is -2.43. The normalized spacial score (nSPS) is 11.0. The van der Waals surface area contributed by atoms with E-state index >= 15 is 0 Å². The molecule has 1 aromatic rings. The van der Waals surface area contributed by atoms with E-state index in [1.165, 1.54) is 6.07 Å². The van der Waals surface area contributed by atoms with Gasteiger partial charge in [-0.15, -0.1) is 0 Å². The molecule has 1 rings (SSSR count). The summed E-state index contributed by atoms with van der Waals surface area (Å²) < 4.78 is 22.1. The van der Waals surface area contributed by atoms with Gasteiger partial charge in [-0.2, -0.15) is 0 Å². The van der Waals surface area contributed by atoms with Crippen LogP contribution in [0.5, 0.6) is 0 Å². The zero-order chi connectivity index (χ0) is 16.6. The van der Waals surface area contributed by atoms with Crippen LogP contribution in [0.1, 0.15) is 24.2 Å². The largest absolute Gasteiger partial charge is 0.340 e. The van der Waals surface area contributed by atoms with Crippen molar-refractivity contribution < 1.29 is 23.2 Å². The molecule has 2 amide bonds. The van der Waals surface area contributed by atoms with Crippen LogP contribution >= 0.6 is 19.2 Å². The summed E-state index contributed by atoms with van der Waals surface area (Å²) in [5.41, 5.74) is 4.55. The maximum atomic E-state index is 12.2. The van der Waals surface area contributed by atoms with Crippen LogP contribution in [0.15, 0.2) is 24.3 Å². The second-order valence-electron chi connectivity index (χ2n) is 4.09. The SMILES string of the molecule is CCOP(=O)(CC(=O)NNC(=O)c1ccccc1Cl)OCC. The Hall–Kier alpha value is -1.40. The first-order valence-corrected chi connectivity index (χ1v) is 8.74. The van der Waals surface area contributed by atoms with E-state index in [9.17, 15) is 14.2 Å². The van der Waals surface area contributed by atoms with Gasteiger partial charge in [-0.25, -0.2) is 0 Å². The van der Waals surface area contributed by atoms with Crippen molar-refractivity contribution in [2.75, 3.05) is 19.4 Å².